The van der Waals surface area contributed by atoms with Crippen LogP contribution in [0.5, 0.6) is 0 Å². The summed E-state index contributed by atoms with van der Waals surface area (Å²) in [6.45, 7) is 0.896. The van der Waals surface area contributed by atoms with Gasteiger partial charge in [-0.15, -0.1) is 11.3 Å². The number of rotatable bonds is 5. The molecule has 0 spiro atoms. The van der Waals surface area contributed by atoms with Crippen molar-refractivity contribution in [3.05, 3.63) is 40.7 Å². The highest BCUT2D eigenvalue weighted by atomic mass is 32.1. The molecule has 2 unspecified atom stereocenters. The Labute approximate surface area is 130 Å². The van der Waals surface area contributed by atoms with Gasteiger partial charge in [0.05, 0.1) is 16.8 Å². The summed E-state index contributed by atoms with van der Waals surface area (Å²) in [5.41, 5.74) is 8.49. The monoisotopic (exact) mass is 302 g/mol. The number of hydrogen-bond acceptors (Lipinski definition) is 4. The summed E-state index contributed by atoms with van der Waals surface area (Å²) in [6.07, 6.45) is 5.76. The third-order valence-electron chi connectivity index (χ3n) is 3.90. The van der Waals surface area contributed by atoms with E-state index in [-0.39, 0.29) is 6.04 Å². The Morgan fingerprint density at radius 2 is 2.14 bits per heavy atom. The largest absolute Gasteiger partial charge is 0.378 e. The predicted octanol–water partition coefficient (Wildman–Crippen LogP) is 3.64. The summed E-state index contributed by atoms with van der Waals surface area (Å²) < 4.78 is 5.76. The van der Waals surface area contributed by atoms with Crippen LogP contribution in [0.4, 0.5) is 0 Å². The Kier molecular flexibility index (Phi) is 5.01. The van der Waals surface area contributed by atoms with Crippen LogP contribution >= 0.6 is 11.3 Å². The van der Waals surface area contributed by atoms with Gasteiger partial charge < -0.3 is 10.5 Å². The molecule has 1 aromatic carbocycles. The minimum Gasteiger partial charge on any atom is -0.378 e. The van der Waals surface area contributed by atoms with Crippen LogP contribution in [0.15, 0.2) is 35.7 Å². The first-order chi connectivity index (χ1) is 10.3. The van der Waals surface area contributed by atoms with Crippen molar-refractivity contribution in [2.75, 3.05) is 6.61 Å². The van der Waals surface area contributed by atoms with E-state index in [1.807, 2.05) is 18.2 Å². The molecule has 0 saturated carbocycles. The van der Waals surface area contributed by atoms with Gasteiger partial charge in [0, 0.05) is 30.0 Å². The fourth-order valence-corrected chi connectivity index (χ4v) is 3.68. The van der Waals surface area contributed by atoms with Crippen molar-refractivity contribution in [1.29, 1.82) is 0 Å². The first-order valence-electron chi connectivity index (χ1n) is 7.68. The van der Waals surface area contributed by atoms with Crippen molar-refractivity contribution in [3.8, 4) is 11.3 Å². The van der Waals surface area contributed by atoms with Crippen molar-refractivity contribution in [2.45, 2.75) is 44.2 Å². The van der Waals surface area contributed by atoms with Gasteiger partial charge in [0.2, 0.25) is 0 Å². The van der Waals surface area contributed by atoms with Crippen LogP contribution in [0.25, 0.3) is 11.3 Å². The van der Waals surface area contributed by atoms with Crippen molar-refractivity contribution in [2.24, 2.45) is 5.73 Å². The Bertz CT molecular complexity index is 549. The zero-order valence-electron chi connectivity index (χ0n) is 12.2. The molecule has 1 saturated heterocycles. The minimum atomic E-state index is 0.142. The molecule has 0 radical (unpaired) electrons. The molecular weight excluding hydrogens is 280 g/mol. The lowest BCUT2D eigenvalue weighted by Gasteiger charge is -2.24. The van der Waals surface area contributed by atoms with Crippen LogP contribution in [0, 0.1) is 0 Å². The van der Waals surface area contributed by atoms with Crippen LogP contribution in [0.1, 0.15) is 30.7 Å². The molecule has 112 valence electrons. The number of benzene rings is 1. The number of hydrogen-bond donors (Lipinski definition) is 1. The Morgan fingerprint density at radius 1 is 1.29 bits per heavy atom. The molecule has 1 aromatic heterocycles. The molecule has 4 heteroatoms. The second-order valence-electron chi connectivity index (χ2n) is 5.68. The number of ether oxygens (including phenoxy) is 1. The first kappa shape index (κ1) is 14.7. The minimum absolute atomic E-state index is 0.142. The smallest absolute Gasteiger partial charge is 0.0948 e. The normalized spacial score (nSPS) is 20.3. The van der Waals surface area contributed by atoms with Gasteiger partial charge in [-0.2, -0.15) is 0 Å². The number of aromatic nitrogens is 1. The van der Waals surface area contributed by atoms with Crippen LogP contribution in [-0.2, 0) is 11.2 Å². The summed E-state index contributed by atoms with van der Waals surface area (Å²) in [5.74, 6) is 0. The molecule has 2 aromatic rings. The van der Waals surface area contributed by atoms with Crippen LogP contribution in [0.2, 0.25) is 0 Å². The van der Waals surface area contributed by atoms with Crippen LogP contribution in [0.3, 0.4) is 0 Å². The van der Waals surface area contributed by atoms with Gasteiger partial charge in [-0.05, 0) is 25.7 Å². The van der Waals surface area contributed by atoms with E-state index in [0.717, 1.165) is 36.6 Å². The van der Waals surface area contributed by atoms with E-state index in [1.165, 1.54) is 18.4 Å². The summed E-state index contributed by atoms with van der Waals surface area (Å²) in [5, 5.41) is 3.24. The third kappa shape index (κ3) is 4.13. The molecule has 21 heavy (non-hydrogen) atoms. The first-order valence-corrected chi connectivity index (χ1v) is 8.56. The molecule has 3 nitrogen and oxygen atoms in total. The zero-order chi connectivity index (χ0) is 14.5. The average Bonchev–Trinajstić information content (AvgIpc) is 2.97. The zero-order valence-corrected chi connectivity index (χ0v) is 13.0. The fourth-order valence-electron chi connectivity index (χ4n) is 2.78. The second-order valence-corrected chi connectivity index (χ2v) is 6.62. The third-order valence-corrected chi connectivity index (χ3v) is 4.77. The van der Waals surface area contributed by atoms with E-state index in [4.69, 9.17) is 15.5 Å². The summed E-state index contributed by atoms with van der Waals surface area (Å²) in [6, 6.07) is 10.4. The van der Waals surface area contributed by atoms with Crippen molar-refractivity contribution >= 4 is 11.3 Å². The number of thiazole rings is 1. The van der Waals surface area contributed by atoms with E-state index in [0.29, 0.717) is 6.10 Å². The maximum atomic E-state index is 6.27. The quantitative estimate of drug-likeness (QED) is 0.917. The molecule has 0 bridgehead atoms. The lowest BCUT2D eigenvalue weighted by atomic mass is 10.0. The predicted molar refractivity (Wildman–Crippen MR) is 87.4 cm³/mol. The lowest BCUT2D eigenvalue weighted by molar-refractivity contribution is 0.00747. The molecular formula is C17H22N2OS. The van der Waals surface area contributed by atoms with E-state index in [1.54, 1.807) is 11.3 Å². The van der Waals surface area contributed by atoms with Gasteiger partial charge in [-0.25, -0.2) is 4.98 Å². The molecule has 2 heterocycles. The Hall–Kier alpha value is -1.23. The molecule has 1 aliphatic rings. The van der Waals surface area contributed by atoms with Gasteiger partial charge >= 0.3 is 0 Å². The Balaban J connectivity index is 1.56. The number of nitrogens with zero attached hydrogens (tertiary/aromatic N) is 1. The van der Waals surface area contributed by atoms with Crippen molar-refractivity contribution in [3.63, 3.8) is 0 Å². The Morgan fingerprint density at radius 3 is 2.90 bits per heavy atom. The molecule has 0 aliphatic carbocycles. The maximum absolute atomic E-state index is 6.27. The molecule has 0 amide bonds. The summed E-state index contributed by atoms with van der Waals surface area (Å²) in [4.78, 5) is 4.71. The van der Waals surface area contributed by atoms with Gasteiger partial charge in [0.15, 0.2) is 0 Å². The highest BCUT2D eigenvalue weighted by Gasteiger charge is 2.18. The SMILES string of the molecule is NC(Cc1nc(-c2ccccc2)cs1)CC1CCCCO1. The summed E-state index contributed by atoms with van der Waals surface area (Å²) in [7, 11) is 0. The highest BCUT2D eigenvalue weighted by molar-refractivity contribution is 7.09. The molecule has 2 atom stereocenters. The molecule has 1 fully saturated rings. The standard InChI is InChI=1S/C17H22N2OS/c18-14(10-15-8-4-5-9-20-15)11-17-19-16(12-21-17)13-6-2-1-3-7-13/h1-3,6-7,12,14-15H,4-5,8-11,18H2. The second kappa shape index (κ2) is 7.16. The van der Waals surface area contributed by atoms with E-state index in [2.05, 4.69) is 17.5 Å². The molecule has 3 rings (SSSR count). The van der Waals surface area contributed by atoms with Gasteiger partial charge in [-0.1, -0.05) is 30.3 Å². The van der Waals surface area contributed by atoms with Crippen molar-refractivity contribution < 1.29 is 4.74 Å². The molecule has 1 aliphatic heterocycles. The topological polar surface area (TPSA) is 48.1 Å². The van der Waals surface area contributed by atoms with Gasteiger partial charge in [0.1, 0.15) is 0 Å². The highest BCUT2D eigenvalue weighted by Crippen LogP contribution is 2.23. The molecule has 2 N–H and O–H groups in total. The van der Waals surface area contributed by atoms with E-state index < -0.39 is 0 Å². The van der Waals surface area contributed by atoms with Crippen molar-refractivity contribution in [1.82, 2.24) is 4.98 Å². The van der Waals surface area contributed by atoms with Crippen LogP contribution < -0.4 is 5.73 Å². The van der Waals surface area contributed by atoms with Gasteiger partial charge in [0.25, 0.3) is 0 Å². The lowest BCUT2D eigenvalue weighted by Crippen LogP contribution is -2.31. The van der Waals surface area contributed by atoms with Gasteiger partial charge in [-0.3, -0.25) is 0 Å². The fraction of sp³-hybridized carbons (Fsp3) is 0.471. The van der Waals surface area contributed by atoms with Crippen LogP contribution in [-0.4, -0.2) is 23.7 Å². The average molecular weight is 302 g/mol. The van der Waals surface area contributed by atoms with E-state index >= 15 is 0 Å². The number of nitrogens with two attached hydrogens (primary N) is 1. The maximum Gasteiger partial charge on any atom is 0.0948 e. The summed E-state index contributed by atoms with van der Waals surface area (Å²) >= 11 is 1.70. The van der Waals surface area contributed by atoms with E-state index in [9.17, 15) is 0 Å².